The van der Waals surface area contributed by atoms with Gasteiger partial charge in [-0.3, -0.25) is 4.90 Å². The Bertz CT molecular complexity index is 726. The van der Waals surface area contributed by atoms with Gasteiger partial charge in [-0.05, 0) is 41.8 Å². The highest BCUT2D eigenvalue weighted by molar-refractivity contribution is 6.30. The summed E-state index contributed by atoms with van der Waals surface area (Å²) in [4.78, 5) is 16.7. The van der Waals surface area contributed by atoms with Gasteiger partial charge in [0.25, 0.3) is 0 Å². The van der Waals surface area contributed by atoms with Crippen LogP contribution in [0.4, 0.5) is 4.79 Å². The maximum Gasteiger partial charge on any atom is 0.317 e. The van der Waals surface area contributed by atoms with E-state index >= 15 is 0 Å². The van der Waals surface area contributed by atoms with Crippen molar-refractivity contribution in [3.05, 3.63) is 64.7 Å². The van der Waals surface area contributed by atoms with Crippen LogP contribution in [0.5, 0.6) is 5.75 Å². The van der Waals surface area contributed by atoms with Gasteiger partial charge in [0.05, 0.1) is 7.11 Å². The molecule has 6 heteroatoms. The highest BCUT2D eigenvalue weighted by Gasteiger charge is 2.20. The number of ether oxygens (including phenoxy) is 1. The third kappa shape index (κ3) is 5.88. The van der Waals surface area contributed by atoms with Crippen molar-refractivity contribution in [1.29, 1.82) is 0 Å². The smallest absolute Gasteiger partial charge is 0.317 e. The summed E-state index contributed by atoms with van der Waals surface area (Å²) < 4.78 is 5.15. The fourth-order valence-electron chi connectivity index (χ4n) is 3.15. The number of methoxy groups -OCH3 is 1. The SMILES string of the molecule is COc1ccc(CNC(=O)N2CCN(CCc3ccc(Cl)cc3)CC2)cc1. The first-order chi connectivity index (χ1) is 13.1. The van der Waals surface area contributed by atoms with Gasteiger partial charge in [-0.15, -0.1) is 0 Å². The first-order valence-electron chi connectivity index (χ1n) is 9.26. The molecule has 0 spiro atoms. The number of nitrogens with zero attached hydrogens (tertiary/aromatic N) is 2. The van der Waals surface area contributed by atoms with E-state index in [-0.39, 0.29) is 6.03 Å². The molecule has 1 N–H and O–H groups in total. The average Bonchev–Trinajstić information content (AvgIpc) is 2.72. The van der Waals surface area contributed by atoms with Crippen LogP contribution in [0.2, 0.25) is 5.02 Å². The maximum absolute atomic E-state index is 12.4. The van der Waals surface area contributed by atoms with Gasteiger partial charge in [-0.25, -0.2) is 4.79 Å². The van der Waals surface area contributed by atoms with Crippen molar-refractivity contribution >= 4 is 17.6 Å². The molecule has 2 aromatic rings. The normalized spacial score (nSPS) is 14.8. The van der Waals surface area contributed by atoms with Crippen LogP contribution in [-0.4, -0.2) is 55.7 Å². The third-order valence-corrected chi connectivity index (χ3v) is 5.14. The van der Waals surface area contributed by atoms with E-state index in [0.717, 1.165) is 55.5 Å². The van der Waals surface area contributed by atoms with Crippen LogP contribution in [-0.2, 0) is 13.0 Å². The first kappa shape index (κ1) is 19.5. The number of urea groups is 1. The molecule has 0 radical (unpaired) electrons. The van der Waals surface area contributed by atoms with Gasteiger partial charge in [0.1, 0.15) is 5.75 Å². The number of carbonyl (C=O) groups excluding carboxylic acids is 1. The Labute approximate surface area is 165 Å². The van der Waals surface area contributed by atoms with Gasteiger partial charge in [0, 0.05) is 44.3 Å². The summed E-state index contributed by atoms with van der Waals surface area (Å²) in [5, 5.41) is 3.77. The maximum atomic E-state index is 12.4. The van der Waals surface area contributed by atoms with Gasteiger partial charge in [-0.1, -0.05) is 35.9 Å². The van der Waals surface area contributed by atoms with E-state index in [9.17, 15) is 4.79 Å². The minimum absolute atomic E-state index is 0.00293. The Morgan fingerprint density at radius 3 is 2.26 bits per heavy atom. The molecule has 3 rings (SSSR count). The molecular formula is C21H26ClN3O2. The monoisotopic (exact) mass is 387 g/mol. The second kappa shape index (κ2) is 9.62. The number of amides is 2. The van der Waals surface area contributed by atoms with E-state index in [2.05, 4.69) is 22.3 Å². The fraction of sp³-hybridized carbons (Fsp3) is 0.381. The largest absolute Gasteiger partial charge is 0.497 e. The summed E-state index contributed by atoms with van der Waals surface area (Å²) in [5.41, 5.74) is 2.35. The van der Waals surface area contributed by atoms with Gasteiger partial charge >= 0.3 is 6.03 Å². The lowest BCUT2D eigenvalue weighted by Gasteiger charge is -2.34. The molecule has 144 valence electrons. The summed E-state index contributed by atoms with van der Waals surface area (Å²) in [5.74, 6) is 0.819. The van der Waals surface area contributed by atoms with Crippen LogP contribution in [0.15, 0.2) is 48.5 Å². The van der Waals surface area contributed by atoms with Crippen LogP contribution >= 0.6 is 11.6 Å². The van der Waals surface area contributed by atoms with Crippen molar-refractivity contribution < 1.29 is 9.53 Å². The average molecular weight is 388 g/mol. The molecule has 27 heavy (non-hydrogen) atoms. The number of nitrogens with one attached hydrogen (secondary N) is 1. The predicted octanol–water partition coefficient (Wildman–Crippen LogP) is 3.42. The van der Waals surface area contributed by atoms with Crippen molar-refractivity contribution in [1.82, 2.24) is 15.1 Å². The summed E-state index contributed by atoms with van der Waals surface area (Å²) in [6, 6.07) is 15.8. The highest BCUT2D eigenvalue weighted by Crippen LogP contribution is 2.12. The second-order valence-corrected chi connectivity index (χ2v) is 7.15. The van der Waals surface area contributed by atoms with Crippen molar-refractivity contribution in [2.75, 3.05) is 39.8 Å². The van der Waals surface area contributed by atoms with Crippen LogP contribution in [0.1, 0.15) is 11.1 Å². The lowest BCUT2D eigenvalue weighted by Crippen LogP contribution is -2.51. The molecule has 0 bridgehead atoms. The molecular weight excluding hydrogens is 362 g/mol. The first-order valence-corrected chi connectivity index (χ1v) is 9.64. The van der Waals surface area contributed by atoms with Crippen LogP contribution < -0.4 is 10.1 Å². The number of hydrogen-bond donors (Lipinski definition) is 1. The van der Waals surface area contributed by atoms with Crippen molar-refractivity contribution in [2.24, 2.45) is 0 Å². The topological polar surface area (TPSA) is 44.8 Å². The summed E-state index contributed by atoms with van der Waals surface area (Å²) >= 11 is 5.93. The molecule has 0 saturated carbocycles. The minimum atomic E-state index is 0.00293. The Morgan fingerprint density at radius 1 is 1.00 bits per heavy atom. The summed E-state index contributed by atoms with van der Waals surface area (Å²) in [6.07, 6.45) is 1.00. The number of piperazine rings is 1. The Morgan fingerprint density at radius 2 is 1.63 bits per heavy atom. The van der Waals surface area contributed by atoms with E-state index in [0.29, 0.717) is 6.54 Å². The molecule has 1 aliphatic heterocycles. The second-order valence-electron chi connectivity index (χ2n) is 6.71. The Hall–Kier alpha value is -2.24. The van der Waals surface area contributed by atoms with Crippen LogP contribution in [0.25, 0.3) is 0 Å². The zero-order valence-corrected chi connectivity index (χ0v) is 16.4. The molecule has 0 aromatic heterocycles. The number of halogens is 1. The van der Waals surface area contributed by atoms with Crippen LogP contribution in [0.3, 0.4) is 0 Å². The van der Waals surface area contributed by atoms with Gasteiger partial charge in [0.2, 0.25) is 0 Å². The van der Waals surface area contributed by atoms with Gasteiger partial charge in [0.15, 0.2) is 0 Å². The molecule has 5 nitrogen and oxygen atoms in total. The number of benzene rings is 2. The number of rotatable bonds is 6. The zero-order chi connectivity index (χ0) is 19.1. The van der Waals surface area contributed by atoms with E-state index in [1.54, 1.807) is 7.11 Å². The minimum Gasteiger partial charge on any atom is -0.497 e. The molecule has 1 heterocycles. The van der Waals surface area contributed by atoms with Crippen molar-refractivity contribution in [3.63, 3.8) is 0 Å². The molecule has 0 unspecified atom stereocenters. The highest BCUT2D eigenvalue weighted by atomic mass is 35.5. The third-order valence-electron chi connectivity index (χ3n) is 4.89. The summed E-state index contributed by atoms with van der Waals surface area (Å²) in [6.45, 7) is 4.86. The van der Waals surface area contributed by atoms with E-state index in [1.165, 1.54) is 5.56 Å². The standard InChI is InChI=1S/C21H26ClN3O2/c1-27-20-8-4-18(5-9-20)16-23-21(26)25-14-12-24(13-15-25)11-10-17-2-6-19(22)7-3-17/h2-9H,10-16H2,1H3,(H,23,26). The molecule has 1 saturated heterocycles. The Balaban J connectivity index is 1.37. The quantitative estimate of drug-likeness (QED) is 0.826. The lowest BCUT2D eigenvalue weighted by molar-refractivity contribution is 0.140. The van der Waals surface area contributed by atoms with Gasteiger partial charge in [-0.2, -0.15) is 0 Å². The molecule has 1 aliphatic rings. The zero-order valence-electron chi connectivity index (χ0n) is 15.7. The fourth-order valence-corrected chi connectivity index (χ4v) is 3.27. The molecule has 2 aromatic carbocycles. The van der Waals surface area contributed by atoms with Gasteiger partial charge < -0.3 is 15.0 Å². The summed E-state index contributed by atoms with van der Waals surface area (Å²) in [7, 11) is 1.64. The molecule has 0 aliphatic carbocycles. The molecule has 2 amide bonds. The Kier molecular flexibility index (Phi) is 6.96. The molecule has 1 fully saturated rings. The van der Waals surface area contributed by atoms with E-state index < -0.39 is 0 Å². The predicted molar refractivity (Wildman–Crippen MR) is 108 cm³/mol. The number of carbonyl (C=O) groups is 1. The molecule has 0 atom stereocenters. The van der Waals surface area contributed by atoms with E-state index in [1.807, 2.05) is 41.3 Å². The van der Waals surface area contributed by atoms with Crippen LogP contribution in [0, 0.1) is 0 Å². The number of hydrogen-bond acceptors (Lipinski definition) is 3. The van der Waals surface area contributed by atoms with Crippen molar-refractivity contribution in [2.45, 2.75) is 13.0 Å². The lowest BCUT2D eigenvalue weighted by atomic mass is 10.1. The van der Waals surface area contributed by atoms with E-state index in [4.69, 9.17) is 16.3 Å². The van der Waals surface area contributed by atoms with Crippen molar-refractivity contribution in [3.8, 4) is 5.75 Å².